The van der Waals surface area contributed by atoms with E-state index in [-0.39, 0.29) is 0 Å². The molecule has 1 aliphatic carbocycles. The number of nitrogens with zero attached hydrogens (tertiary/aromatic N) is 1. The summed E-state index contributed by atoms with van der Waals surface area (Å²) in [6.45, 7) is 9.78. The van der Waals surface area contributed by atoms with Gasteiger partial charge in [-0.1, -0.05) is 65.7 Å². The molecule has 114 valence electrons. The van der Waals surface area contributed by atoms with Crippen LogP contribution < -0.4 is 0 Å². The highest BCUT2D eigenvalue weighted by Gasteiger charge is 2.23. The second kappa shape index (κ2) is 10.7. The Balaban J connectivity index is 2.06. The molecular formula is C18H37N. The van der Waals surface area contributed by atoms with E-state index in [1.165, 1.54) is 83.7 Å². The molecule has 1 heteroatoms. The van der Waals surface area contributed by atoms with Crippen LogP contribution in [0.4, 0.5) is 0 Å². The number of rotatable bonds is 12. The van der Waals surface area contributed by atoms with Crippen LogP contribution in [0.3, 0.4) is 0 Å². The molecule has 0 N–H and O–H groups in total. The molecule has 0 aliphatic heterocycles. The van der Waals surface area contributed by atoms with Crippen molar-refractivity contribution in [1.82, 2.24) is 4.90 Å². The van der Waals surface area contributed by atoms with E-state index in [0.29, 0.717) is 0 Å². The molecule has 0 aromatic carbocycles. The van der Waals surface area contributed by atoms with Gasteiger partial charge in [0.05, 0.1) is 0 Å². The van der Waals surface area contributed by atoms with Crippen LogP contribution in [0.25, 0.3) is 0 Å². The lowest BCUT2D eigenvalue weighted by atomic mass is 9.91. The molecule has 1 nitrogen and oxygen atoms in total. The van der Waals surface area contributed by atoms with Crippen LogP contribution in [0, 0.1) is 5.92 Å². The maximum atomic E-state index is 2.80. The molecule has 0 saturated heterocycles. The average molecular weight is 268 g/mol. The van der Waals surface area contributed by atoms with Crippen molar-refractivity contribution in [1.29, 1.82) is 0 Å². The van der Waals surface area contributed by atoms with Crippen LogP contribution in [0.2, 0.25) is 0 Å². The largest absolute Gasteiger partial charge is 0.300 e. The van der Waals surface area contributed by atoms with Gasteiger partial charge in [-0.25, -0.2) is 0 Å². The average Bonchev–Trinajstić information content (AvgIpc) is 2.35. The fourth-order valence-electron chi connectivity index (χ4n) is 3.09. The lowest BCUT2D eigenvalue weighted by Gasteiger charge is -2.37. The Morgan fingerprint density at radius 1 is 0.895 bits per heavy atom. The first-order valence-electron chi connectivity index (χ1n) is 9.02. The van der Waals surface area contributed by atoms with Crippen LogP contribution in [0.5, 0.6) is 0 Å². The Morgan fingerprint density at radius 3 is 2.11 bits per heavy atom. The molecule has 19 heavy (non-hydrogen) atoms. The standard InChI is InChI=1S/C18H37N/c1-4-6-11-17(3)12-8-9-16-19(15-7-5-2)18-13-10-14-18/h17-18H,4-16H2,1-3H3/t17-/m1/s1. The van der Waals surface area contributed by atoms with Crippen LogP contribution in [-0.2, 0) is 0 Å². The summed E-state index contributed by atoms with van der Waals surface area (Å²) < 4.78 is 0. The van der Waals surface area contributed by atoms with Gasteiger partial charge in [0.2, 0.25) is 0 Å². The summed E-state index contributed by atoms with van der Waals surface area (Å²) in [5, 5.41) is 0. The van der Waals surface area contributed by atoms with E-state index in [2.05, 4.69) is 25.7 Å². The minimum absolute atomic E-state index is 0.948. The van der Waals surface area contributed by atoms with Crippen molar-refractivity contribution in [3.05, 3.63) is 0 Å². The van der Waals surface area contributed by atoms with Gasteiger partial charge in [0.15, 0.2) is 0 Å². The zero-order valence-electron chi connectivity index (χ0n) is 13.8. The summed E-state index contributed by atoms with van der Waals surface area (Å²) in [5.74, 6) is 0.952. The van der Waals surface area contributed by atoms with E-state index >= 15 is 0 Å². The fraction of sp³-hybridized carbons (Fsp3) is 1.00. The normalized spacial score (nSPS) is 17.7. The van der Waals surface area contributed by atoms with Crippen LogP contribution in [-0.4, -0.2) is 24.0 Å². The molecule has 1 fully saturated rings. The third kappa shape index (κ3) is 7.34. The zero-order chi connectivity index (χ0) is 13.9. The van der Waals surface area contributed by atoms with Crippen molar-refractivity contribution < 1.29 is 0 Å². The Bertz CT molecular complexity index is 198. The Labute approximate surface area is 122 Å². The summed E-state index contributed by atoms with van der Waals surface area (Å²) in [5.41, 5.74) is 0. The first-order chi connectivity index (χ1) is 9.27. The molecule has 1 atom stereocenters. The van der Waals surface area contributed by atoms with Crippen LogP contribution in [0.1, 0.15) is 91.4 Å². The molecule has 1 saturated carbocycles. The van der Waals surface area contributed by atoms with E-state index in [1.807, 2.05) is 0 Å². The Kier molecular flexibility index (Phi) is 9.59. The van der Waals surface area contributed by atoms with Crippen molar-refractivity contribution in [2.24, 2.45) is 5.92 Å². The minimum atomic E-state index is 0.948. The van der Waals surface area contributed by atoms with Crippen molar-refractivity contribution in [2.45, 2.75) is 97.4 Å². The van der Waals surface area contributed by atoms with E-state index < -0.39 is 0 Å². The van der Waals surface area contributed by atoms with Crippen molar-refractivity contribution >= 4 is 0 Å². The SMILES string of the molecule is CCCC[C@@H](C)CCCCN(CCCC)C1CCC1. The highest BCUT2D eigenvalue weighted by Crippen LogP contribution is 2.25. The monoisotopic (exact) mass is 267 g/mol. The molecule has 0 spiro atoms. The number of hydrogen-bond acceptors (Lipinski definition) is 1. The fourth-order valence-corrected chi connectivity index (χ4v) is 3.09. The Hall–Kier alpha value is -0.0400. The summed E-state index contributed by atoms with van der Waals surface area (Å²) in [4.78, 5) is 2.80. The second-order valence-electron chi connectivity index (χ2n) is 6.72. The van der Waals surface area contributed by atoms with Crippen molar-refractivity contribution in [3.8, 4) is 0 Å². The Morgan fingerprint density at radius 2 is 1.53 bits per heavy atom. The molecule has 0 amide bonds. The molecule has 0 radical (unpaired) electrons. The summed E-state index contributed by atoms with van der Waals surface area (Å²) in [6.07, 6.45) is 15.7. The summed E-state index contributed by atoms with van der Waals surface area (Å²) in [7, 11) is 0. The minimum Gasteiger partial charge on any atom is -0.300 e. The van der Waals surface area contributed by atoms with Gasteiger partial charge in [0.1, 0.15) is 0 Å². The smallest absolute Gasteiger partial charge is 0.00952 e. The van der Waals surface area contributed by atoms with E-state index in [0.717, 1.165) is 12.0 Å². The predicted molar refractivity (Wildman–Crippen MR) is 86.7 cm³/mol. The quantitative estimate of drug-likeness (QED) is 0.414. The summed E-state index contributed by atoms with van der Waals surface area (Å²) in [6, 6.07) is 0.948. The molecule has 1 aliphatic rings. The molecule has 0 aromatic rings. The first kappa shape index (κ1) is 17.0. The van der Waals surface area contributed by atoms with Gasteiger partial charge >= 0.3 is 0 Å². The third-order valence-electron chi connectivity index (χ3n) is 4.83. The molecule has 0 heterocycles. The lowest BCUT2D eigenvalue weighted by molar-refractivity contribution is 0.122. The molecule has 0 bridgehead atoms. The van der Waals surface area contributed by atoms with Gasteiger partial charge < -0.3 is 4.90 Å². The highest BCUT2D eigenvalue weighted by atomic mass is 15.2. The summed E-state index contributed by atoms with van der Waals surface area (Å²) >= 11 is 0. The van der Waals surface area contributed by atoms with Crippen molar-refractivity contribution in [2.75, 3.05) is 13.1 Å². The van der Waals surface area contributed by atoms with Gasteiger partial charge in [-0.2, -0.15) is 0 Å². The number of unbranched alkanes of at least 4 members (excludes halogenated alkanes) is 3. The van der Waals surface area contributed by atoms with Gasteiger partial charge in [-0.3, -0.25) is 0 Å². The van der Waals surface area contributed by atoms with E-state index in [1.54, 1.807) is 0 Å². The third-order valence-corrected chi connectivity index (χ3v) is 4.83. The highest BCUT2D eigenvalue weighted by molar-refractivity contribution is 4.79. The van der Waals surface area contributed by atoms with Gasteiger partial charge in [0.25, 0.3) is 0 Å². The molecule has 0 unspecified atom stereocenters. The van der Waals surface area contributed by atoms with Gasteiger partial charge in [-0.15, -0.1) is 0 Å². The zero-order valence-corrected chi connectivity index (χ0v) is 13.8. The lowest BCUT2D eigenvalue weighted by Crippen LogP contribution is -2.41. The van der Waals surface area contributed by atoms with Gasteiger partial charge in [-0.05, 0) is 44.7 Å². The van der Waals surface area contributed by atoms with E-state index in [4.69, 9.17) is 0 Å². The topological polar surface area (TPSA) is 3.24 Å². The predicted octanol–water partition coefficient (Wildman–Crippen LogP) is 5.64. The van der Waals surface area contributed by atoms with Crippen molar-refractivity contribution in [3.63, 3.8) is 0 Å². The molecule has 1 rings (SSSR count). The first-order valence-corrected chi connectivity index (χ1v) is 9.02. The maximum absolute atomic E-state index is 2.80. The maximum Gasteiger partial charge on any atom is 0.00952 e. The van der Waals surface area contributed by atoms with Gasteiger partial charge in [0, 0.05) is 6.04 Å². The van der Waals surface area contributed by atoms with Crippen LogP contribution >= 0.6 is 0 Å². The molecule has 0 aromatic heterocycles. The number of hydrogen-bond donors (Lipinski definition) is 0. The second-order valence-corrected chi connectivity index (χ2v) is 6.72. The molecular weight excluding hydrogens is 230 g/mol. The van der Waals surface area contributed by atoms with Crippen LogP contribution in [0.15, 0.2) is 0 Å². The van der Waals surface area contributed by atoms with E-state index in [9.17, 15) is 0 Å².